The number of likely N-dealkylation sites (tertiary alicyclic amines) is 1. The highest BCUT2D eigenvalue weighted by molar-refractivity contribution is 4.81. The Morgan fingerprint density at radius 2 is 2.31 bits per heavy atom. The lowest BCUT2D eigenvalue weighted by molar-refractivity contribution is 0.0698. The van der Waals surface area contributed by atoms with Crippen LogP contribution in [0.4, 0.5) is 0 Å². The van der Waals surface area contributed by atoms with E-state index in [1.807, 2.05) is 0 Å². The molecule has 1 fully saturated rings. The van der Waals surface area contributed by atoms with Crippen LogP contribution in [0, 0.1) is 0 Å². The normalized spacial score (nSPS) is 24.5. The van der Waals surface area contributed by atoms with Crippen LogP contribution in [0.25, 0.3) is 0 Å². The minimum absolute atomic E-state index is 0.631. The molecule has 0 radical (unpaired) electrons. The van der Waals surface area contributed by atoms with E-state index in [0.717, 1.165) is 6.61 Å². The lowest BCUT2D eigenvalue weighted by Crippen LogP contribution is -2.38. The number of rotatable bonds is 5. The van der Waals surface area contributed by atoms with Crippen LogP contribution in [0.5, 0.6) is 0 Å². The number of hydrogen-bond acceptors (Lipinski definition) is 3. The van der Waals surface area contributed by atoms with Gasteiger partial charge in [0.2, 0.25) is 0 Å². The van der Waals surface area contributed by atoms with Crippen LogP contribution in [0.15, 0.2) is 0 Å². The summed E-state index contributed by atoms with van der Waals surface area (Å²) in [6, 6.07) is 1.28. The van der Waals surface area contributed by atoms with Crippen LogP contribution in [0.2, 0.25) is 0 Å². The van der Waals surface area contributed by atoms with Crippen molar-refractivity contribution in [3.63, 3.8) is 0 Å². The van der Waals surface area contributed by atoms with E-state index in [-0.39, 0.29) is 0 Å². The van der Waals surface area contributed by atoms with Gasteiger partial charge in [0.25, 0.3) is 0 Å². The second-order valence-electron chi connectivity index (χ2n) is 3.99. The third-order valence-corrected chi connectivity index (χ3v) is 2.66. The van der Waals surface area contributed by atoms with Gasteiger partial charge >= 0.3 is 0 Å². The summed E-state index contributed by atoms with van der Waals surface area (Å²) in [5.41, 5.74) is 5.37. The summed E-state index contributed by atoms with van der Waals surface area (Å²) in [5.74, 6) is 0. The first kappa shape index (κ1) is 11.0. The highest BCUT2D eigenvalue weighted by Crippen LogP contribution is 2.19. The van der Waals surface area contributed by atoms with Crippen molar-refractivity contribution >= 4 is 0 Å². The molecular formula is C10H22N2O. The number of nitrogens with zero attached hydrogens (tertiary/aromatic N) is 1. The Morgan fingerprint density at radius 1 is 1.54 bits per heavy atom. The summed E-state index contributed by atoms with van der Waals surface area (Å²) >= 11 is 0. The molecule has 1 aliphatic heterocycles. The van der Waals surface area contributed by atoms with Crippen molar-refractivity contribution in [3.8, 4) is 0 Å². The molecule has 1 atom stereocenters. The van der Waals surface area contributed by atoms with Crippen LogP contribution in [-0.2, 0) is 4.74 Å². The lowest BCUT2D eigenvalue weighted by Gasteiger charge is -2.27. The highest BCUT2D eigenvalue weighted by Gasteiger charge is 2.26. The van der Waals surface area contributed by atoms with E-state index in [2.05, 4.69) is 18.7 Å². The van der Waals surface area contributed by atoms with Gasteiger partial charge in [-0.25, -0.2) is 0 Å². The Balaban J connectivity index is 2.23. The topological polar surface area (TPSA) is 38.5 Å². The average Bonchev–Trinajstić information content (AvgIpc) is 2.53. The van der Waals surface area contributed by atoms with E-state index in [9.17, 15) is 0 Å². The molecule has 13 heavy (non-hydrogen) atoms. The molecule has 0 aliphatic carbocycles. The zero-order valence-corrected chi connectivity index (χ0v) is 8.83. The monoisotopic (exact) mass is 186 g/mol. The van der Waals surface area contributed by atoms with Crippen LogP contribution in [0.1, 0.15) is 26.7 Å². The SMILES string of the molecule is CC(C)N1CCCC1COCCN. The van der Waals surface area contributed by atoms with Gasteiger partial charge in [0.15, 0.2) is 0 Å². The number of hydrogen-bond donors (Lipinski definition) is 1. The molecule has 1 heterocycles. The van der Waals surface area contributed by atoms with Gasteiger partial charge in [-0.15, -0.1) is 0 Å². The van der Waals surface area contributed by atoms with Crippen molar-refractivity contribution in [3.05, 3.63) is 0 Å². The molecule has 0 aromatic heterocycles. The lowest BCUT2D eigenvalue weighted by atomic mass is 10.2. The van der Waals surface area contributed by atoms with Crippen LogP contribution in [-0.4, -0.2) is 43.3 Å². The molecular weight excluding hydrogens is 164 g/mol. The Labute approximate surface area is 81.2 Å². The van der Waals surface area contributed by atoms with Gasteiger partial charge in [0.05, 0.1) is 13.2 Å². The van der Waals surface area contributed by atoms with E-state index in [4.69, 9.17) is 10.5 Å². The average molecular weight is 186 g/mol. The predicted octanol–water partition coefficient (Wildman–Crippen LogP) is 0.835. The Bertz CT molecular complexity index is 139. The molecule has 0 amide bonds. The van der Waals surface area contributed by atoms with Gasteiger partial charge in [-0.2, -0.15) is 0 Å². The largest absolute Gasteiger partial charge is 0.379 e. The van der Waals surface area contributed by atoms with Gasteiger partial charge in [0, 0.05) is 18.6 Å². The molecule has 78 valence electrons. The van der Waals surface area contributed by atoms with E-state index < -0.39 is 0 Å². The molecule has 0 aromatic carbocycles. The summed E-state index contributed by atoms with van der Waals surface area (Å²) in [5, 5.41) is 0. The molecule has 1 rings (SSSR count). The van der Waals surface area contributed by atoms with Crippen LogP contribution in [0.3, 0.4) is 0 Å². The quantitative estimate of drug-likeness (QED) is 0.646. The molecule has 0 aromatic rings. The molecule has 3 nitrogen and oxygen atoms in total. The van der Waals surface area contributed by atoms with Crippen molar-refractivity contribution in [1.29, 1.82) is 0 Å². The van der Waals surface area contributed by atoms with Crippen LogP contribution < -0.4 is 5.73 Å². The molecule has 0 bridgehead atoms. The maximum atomic E-state index is 5.48. The fraction of sp³-hybridized carbons (Fsp3) is 1.00. The number of ether oxygens (including phenoxy) is 1. The third kappa shape index (κ3) is 3.25. The summed E-state index contributed by atoms with van der Waals surface area (Å²) < 4.78 is 5.48. The Hall–Kier alpha value is -0.120. The van der Waals surface area contributed by atoms with Gasteiger partial charge in [-0.3, -0.25) is 4.90 Å². The van der Waals surface area contributed by atoms with Crippen molar-refractivity contribution in [2.24, 2.45) is 5.73 Å². The van der Waals surface area contributed by atoms with E-state index in [1.165, 1.54) is 19.4 Å². The molecule has 2 N–H and O–H groups in total. The fourth-order valence-corrected chi connectivity index (χ4v) is 2.02. The van der Waals surface area contributed by atoms with Gasteiger partial charge in [-0.05, 0) is 33.2 Å². The standard InChI is InChI=1S/C10H22N2O/c1-9(2)12-6-3-4-10(12)8-13-7-5-11/h9-10H,3-8,11H2,1-2H3. The van der Waals surface area contributed by atoms with E-state index in [0.29, 0.717) is 25.2 Å². The van der Waals surface area contributed by atoms with Crippen molar-refractivity contribution < 1.29 is 4.74 Å². The maximum Gasteiger partial charge on any atom is 0.0622 e. The molecule has 1 aliphatic rings. The van der Waals surface area contributed by atoms with E-state index >= 15 is 0 Å². The Morgan fingerprint density at radius 3 is 2.92 bits per heavy atom. The molecule has 0 spiro atoms. The maximum absolute atomic E-state index is 5.48. The van der Waals surface area contributed by atoms with Crippen molar-refractivity contribution in [1.82, 2.24) is 4.90 Å². The summed E-state index contributed by atoms with van der Waals surface area (Å²) in [4.78, 5) is 2.52. The second-order valence-corrected chi connectivity index (χ2v) is 3.99. The first-order valence-electron chi connectivity index (χ1n) is 5.29. The van der Waals surface area contributed by atoms with Gasteiger partial charge in [-0.1, -0.05) is 0 Å². The van der Waals surface area contributed by atoms with Crippen molar-refractivity contribution in [2.75, 3.05) is 26.3 Å². The van der Waals surface area contributed by atoms with Crippen molar-refractivity contribution in [2.45, 2.75) is 38.8 Å². The molecule has 3 heteroatoms. The molecule has 1 unspecified atom stereocenters. The molecule has 1 saturated heterocycles. The minimum atomic E-state index is 0.631. The summed E-state index contributed by atoms with van der Waals surface area (Å²) in [6.07, 6.45) is 2.59. The van der Waals surface area contributed by atoms with Gasteiger partial charge in [0.1, 0.15) is 0 Å². The first-order chi connectivity index (χ1) is 6.25. The Kier molecular flexibility index (Phi) is 4.70. The van der Waals surface area contributed by atoms with E-state index in [1.54, 1.807) is 0 Å². The minimum Gasteiger partial charge on any atom is -0.379 e. The van der Waals surface area contributed by atoms with Crippen LogP contribution >= 0.6 is 0 Å². The first-order valence-corrected chi connectivity index (χ1v) is 5.29. The second kappa shape index (κ2) is 5.58. The fourth-order valence-electron chi connectivity index (χ4n) is 2.02. The van der Waals surface area contributed by atoms with Gasteiger partial charge < -0.3 is 10.5 Å². The number of nitrogens with two attached hydrogens (primary N) is 1. The zero-order valence-electron chi connectivity index (χ0n) is 8.83. The molecule has 0 saturated carbocycles. The predicted molar refractivity (Wildman–Crippen MR) is 54.7 cm³/mol. The summed E-state index contributed by atoms with van der Waals surface area (Å²) in [7, 11) is 0. The third-order valence-electron chi connectivity index (χ3n) is 2.66. The summed E-state index contributed by atoms with van der Waals surface area (Å²) in [6.45, 7) is 7.92. The highest BCUT2D eigenvalue weighted by atomic mass is 16.5. The smallest absolute Gasteiger partial charge is 0.0622 e. The zero-order chi connectivity index (χ0) is 9.68.